The normalized spacial score (nSPS) is 23.8. The van der Waals surface area contributed by atoms with Gasteiger partial charge >= 0.3 is 0 Å². The second-order valence-electron chi connectivity index (χ2n) is 18.3. The molecule has 10 rings (SSSR count). The summed E-state index contributed by atoms with van der Waals surface area (Å²) in [4.78, 5) is 83.1. The van der Waals surface area contributed by atoms with Gasteiger partial charge in [0.1, 0.15) is 6.04 Å². The lowest BCUT2D eigenvalue weighted by Crippen LogP contribution is -2.66. The molecule has 3 aromatic rings. The van der Waals surface area contributed by atoms with Crippen molar-refractivity contribution < 1.29 is 24.0 Å². The number of piperidine rings is 3. The number of rotatable bonds is 7. The zero-order valence-corrected chi connectivity index (χ0v) is 35.7. The summed E-state index contributed by atoms with van der Waals surface area (Å²) in [7, 11) is 0. The number of imide groups is 2. The Labute approximate surface area is 367 Å². The molecule has 14 nitrogen and oxygen atoms in total. The molecule has 6 fully saturated rings. The van der Waals surface area contributed by atoms with Gasteiger partial charge in [-0.3, -0.25) is 44.0 Å². The first kappa shape index (κ1) is 40.6. The highest BCUT2D eigenvalue weighted by atomic mass is 35.5. The van der Waals surface area contributed by atoms with Crippen molar-refractivity contribution in [3.63, 3.8) is 0 Å². The Hall–Kier alpha value is -5.49. The third-order valence-corrected chi connectivity index (χ3v) is 15.2. The van der Waals surface area contributed by atoms with Gasteiger partial charge in [-0.15, -0.1) is 0 Å². The summed E-state index contributed by atoms with van der Waals surface area (Å²) in [6, 6.07) is 19.5. The maximum absolute atomic E-state index is 13.6. The van der Waals surface area contributed by atoms with Crippen LogP contribution in [-0.2, 0) is 9.59 Å². The van der Waals surface area contributed by atoms with Crippen LogP contribution < -0.4 is 20.0 Å². The van der Waals surface area contributed by atoms with Crippen molar-refractivity contribution in [1.82, 2.24) is 24.9 Å². The third-order valence-electron chi connectivity index (χ3n) is 14.9. The lowest BCUT2D eigenvalue weighted by molar-refractivity contribution is -0.136. The number of carbonyl (C=O) groups is 5. The molecule has 3 aromatic carbocycles. The van der Waals surface area contributed by atoms with Crippen LogP contribution in [0.25, 0.3) is 4.85 Å². The lowest BCUT2D eigenvalue weighted by atomic mass is 9.77. The maximum Gasteiger partial charge on any atom is 0.262 e. The van der Waals surface area contributed by atoms with Gasteiger partial charge in [0.25, 0.3) is 17.7 Å². The fourth-order valence-electron chi connectivity index (χ4n) is 11.0. The fourth-order valence-corrected chi connectivity index (χ4v) is 11.3. The SMILES string of the molecule is [C-]#[N+]c1ccc(N2CCC3(CCN(C(=O)c4ccc(N5CCN(C6CN(C7CCN(c8ccc9c(c8)C(=O)N(C8CCC(=O)NC8=O)C9=O)CC7)C6)CC5)cc4)CC3)C2)cc1Cl. The first-order chi connectivity index (χ1) is 30.1. The zero-order valence-electron chi connectivity index (χ0n) is 34.9. The second-order valence-corrected chi connectivity index (χ2v) is 18.7. The Balaban J connectivity index is 0.650. The number of likely N-dealkylation sites (tertiary alicyclic amines) is 2. The van der Waals surface area contributed by atoms with E-state index >= 15 is 0 Å². The highest BCUT2D eigenvalue weighted by molar-refractivity contribution is 6.33. The average Bonchev–Trinajstić information content (AvgIpc) is 3.80. The number of fused-ring (bicyclic) bond motifs is 1. The van der Waals surface area contributed by atoms with Crippen LogP contribution in [-0.4, -0.2) is 146 Å². The highest BCUT2D eigenvalue weighted by Gasteiger charge is 2.46. The number of amides is 5. The topological polar surface area (TPSA) is 124 Å². The summed E-state index contributed by atoms with van der Waals surface area (Å²) in [5.74, 6) is -1.81. The summed E-state index contributed by atoms with van der Waals surface area (Å²) >= 11 is 6.34. The molecule has 7 aliphatic heterocycles. The minimum atomic E-state index is -0.963. The Kier molecular flexibility index (Phi) is 10.7. The van der Waals surface area contributed by atoms with E-state index in [9.17, 15) is 24.0 Å². The number of anilines is 3. The van der Waals surface area contributed by atoms with Crippen molar-refractivity contribution >= 4 is 63.9 Å². The molecular formula is C47H52ClN9O5. The number of hydrogen-bond acceptors (Lipinski definition) is 10. The number of halogens is 1. The maximum atomic E-state index is 13.6. The number of nitrogens with zero attached hydrogens (tertiary/aromatic N) is 8. The van der Waals surface area contributed by atoms with Crippen molar-refractivity contribution in [2.45, 2.75) is 63.1 Å². The molecule has 1 N–H and O–H groups in total. The number of carbonyl (C=O) groups excluding carboxylic acids is 5. The molecule has 322 valence electrons. The molecule has 7 aliphatic rings. The van der Waals surface area contributed by atoms with E-state index in [0.717, 1.165) is 132 Å². The standard InChI is InChI=1S/C47H52ClN9O5/c1-49-40-9-7-35(27-39(40)48)55-21-16-47(30-55)14-19-54(20-15-47)44(60)31-2-4-32(5-3-31)52-22-24-53(25-23-52)36-28-56(29-36)33-12-17-51(18-13-33)34-6-8-37-38(26-34)46(62)57(45(37)61)41-10-11-42(58)50-43(41)59/h2-9,26-27,33,36,41H,10-25,28-30H2,(H,50,58,59). The fraction of sp³-hybridized carbons (Fsp3) is 0.489. The molecule has 0 saturated carbocycles. The van der Waals surface area contributed by atoms with Gasteiger partial charge in [0.2, 0.25) is 17.5 Å². The minimum Gasteiger partial charge on any atom is -0.371 e. The number of benzene rings is 3. The highest BCUT2D eigenvalue weighted by Crippen LogP contribution is 2.43. The Bertz CT molecular complexity index is 2340. The summed E-state index contributed by atoms with van der Waals surface area (Å²) < 4.78 is 0. The summed E-state index contributed by atoms with van der Waals surface area (Å²) in [5, 5.41) is 2.76. The smallest absolute Gasteiger partial charge is 0.262 e. The van der Waals surface area contributed by atoms with Gasteiger partial charge in [0, 0.05) is 125 Å². The quantitative estimate of drug-likeness (QED) is 0.260. The lowest BCUT2D eigenvalue weighted by Gasteiger charge is -2.52. The van der Waals surface area contributed by atoms with Gasteiger partial charge < -0.3 is 19.6 Å². The van der Waals surface area contributed by atoms with E-state index in [1.54, 1.807) is 18.2 Å². The monoisotopic (exact) mass is 857 g/mol. The molecule has 0 bridgehead atoms. The van der Waals surface area contributed by atoms with Crippen molar-refractivity contribution in [2.24, 2.45) is 5.41 Å². The molecule has 62 heavy (non-hydrogen) atoms. The first-order valence-electron chi connectivity index (χ1n) is 22.2. The van der Waals surface area contributed by atoms with Gasteiger partial charge in [0.15, 0.2) is 0 Å². The molecule has 5 amide bonds. The zero-order chi connectivity index (χ0) is 42.7. The Morgan fingerprint density at radius 3 is 2.02 bits per heavy atom. The van der Waals surface area contributed by atoms with E-state index in [2.05, 4.69) is 46.8 Å². The molecule has 6 saturated heterocycles. The second kappa shape index (κ2) is 16.3. The number of hydrogen-bond donors (Lipinski definition) is 1. The predicted octanol–water partition coefficient (Wildman–Crippen LogP) is 4.90. The van der Waals surface area contributed by atoms with Crippen molar-refractivity contribution in [3.8, 4) is 0 Å². The first-order valence-corrected chi connectivity index (χ1v) is 22.6. The number of piperazine rings is 1. The van der Waals surface area contributed by atoms with E-state index in [1.807, 2.05) is 35.2 Å². The Morgan fingerprint density at radius 2 is 1.32 bits per heavy atom. The van der Waals surface area contributed by atoms with Crippen LogP contribution in [0, 0.1) is 12.0 Å². The molecule has 1 unspecified atom stereocenters. The predicted molar refractivity (Wildman–Crippen MR) is 236 cm³/mol. The minimum absolute atomic E-state index is 0.100. The van der Waals surface area contributed by atoms with Gasteiger partial charge in [-0.1, -0.05) is 17.7 Å². The molecule has 15 heteroatoms. The van der Waals surface area contributed by atoms with Crippen LogP contribution in [0.5, 0.6) is 0 Å². The van der Waals surface area contributed by atoms with Crippen LogP contribution in [0.2, 0.25) is 5.02 Å². The van der Waals surface area contributed by atoms with E-state index in [1.165, 1.54) is 5.69 Å². The van der Waals surface area contributed by atoms with Crippen molar-refractivity contribution in [1.29, 1.82) is 0 Å². The molecule has 1 atom stereocenters. The molecule has 1 spiro atoms. The largest absolute Gasteiger partial charge is 0.371 e. The molecule has 0 aromatic heterocycles. The molecule has 0 aliphatic carbocycles. The average molecular weight is 858 g/mol. The molecule has 0 radical (unpaired) electrons. The van der Waals surface area contributed by atoms with E-state index in [-0.39, 0.29) is 30.1 Å². The van der Waals surface area contributed by atoms with Crippen LogP contribution in [0.3, 0.4) is 0 Å². The molecular weight excluding hydrogens is 806 g/mol. The molecule has 7 heterocycles. The van der Waals surface area contributed by atoms with Gasteiger partial charge in [0.05, 0.1) is 17.7 Å². The van der Waals surface area contributed by atoms with Crippen LogP contribution in [0.15, 0.2) is 60.7 Å². The number of nitrogens with one attached hydrogen (secondary N) is 1. The van der Waals surface area contributed by atoms with Crippen molar-refractivity contribution in [3.05, 3.63) is 93.8 Å². The van der Waals surface area contributed by atoms with Crippen LogP contribution in [0.4, 0.5) is 22.7 Å². The van der Waals surface area contributed by atoms with Crippen LogP contribution >= 0.6 is 11.6 Å². The summed E-state index contributed by atoms with van der Waals surface area (Å²) in [5.41, 5.74) is 5.23. The van der Waals surface area contributed by atoms with E-state index in [0.29, 0.717) is 33.9 Å². The summed E-state index contributed by atoms with van der Waals surface area (Å²) in [6.07, 6.45) is 5.39. The van der Waals surface area contributed by atoms with Gasteiger partial charge in [-0.25, -0.2) is 4.85 Å². The van der Waals surface area contributed by atoms with E-state index < -0.39 is 23.8 Å². The Morgan fingerprint density at radius 1 is 0.677 bits per heavy atom. The third kappa shape index (κ3) is 7.47. The van der Waals surface area contributed by atoms with Crippen LogP contribution in [0.1, 0.15) is 76.0 Å². The van der Waals surface area contributed by atoms with Crippen molar-refractivity contribution in [2.75, 3.05) is 93.2 Å². The van der Waals surface area contributed by atoms with Gasteiger partial charge in [-0.2, -0.15) is 0 Å². The van der Waals surface area contributed by atoms with Gasteiger partial charge in [-0.05, 0) is 98.5 Å². The van der Waals surface area contributed by atoms with E-state index in [4.69, 9.17) is 18.2 Å². The summed E-state index contributed by atoms with van der Waals surface area (Å²) in [6.45, 7) is 18.6.